The van der Waals surface area contributed by atoms with Crippen molar-refractivity contribution in [2.24, 2.45) is 0 Å². The first kappa shape index (κ1) is 23.9. The first-order valence-corrected chi connectivity index (χ1v) is 10.4. The average molecular weight is 483 g/mol. The van der Waals surface area contributed by atoms with E-state index in [0.29, 0.717) is 11.8 Å². The summed E-state index contributed by atoms with van der Waals surface area (Å²) < 4.78 is 56.3. The molecule has 180 valence electrons. The largest absolute Gasteiger partial charge is 0.497 e. The molecule has 8 nitrogen and oxygen atoms in total. The van der Waals surface area contributed by atoms with Gasteiger partial charge in [0.1, 0.15) is 36.4 Å². The summed E-state index contributed by atoms with van der Waals surface area (Å²) in [5, 5.41) is 4.05. The van der Waals surface area contributed by atoms with Crippen LogP contribution in [0.2, 0.25) is 0 Å². The topological polar surface area (TPSA) is 92.0 Å². The van der Waals surface area contributed by atoms with Crippen molar-refractivity contribution in [1.82, 2.24) is 24.7 Å². The molecule has 0 bridgehead atoms. The molecule has 2 heterocycles. The molecule has 2 aromatic heterocycles. The highest BCUT2D eigenvalue weighted by molar-refractivity contribution is 5.90. The van der Waals surface area contributed by atoms with Gasteiger partial charge in [0.2, 0.25) is 0 Å². The molecule has 0 aliphatic rings. The number of carbonyl (C=O) groups excluding carboxylic acids is 1. The molecule has 0 spiro atoms. The minimum absolute atomic E-state index is 0.131. The van der Waals surface area contributed by atoms with E-state index in [9.17, 15) is 13.6 Å². The van der Waals surface area contributed by atoms with Crippen LogP contribution >= 0.6 is 0 Å². The lowest BCUT2D eigenvalue weighted by Gasteiger charge is -2.38. The SMILES string of the molecule is COc1ccc(C(=O)O[C@@](Cn2cncn2)(c2ccc(F)cc2F)[C@@H](C)c2ncncc2F)cc1. The van der Waals surface area contributed by atoms with Crippen molar-refractivity contribution in [2.45, 2.75) is 25.0 Å². The van der Waals surface area contributed by atoms with Crippen LogP contribution in [0.15, 0.2) is 67.6 Å². The number of nitrogens with zero attached hydrogens (tertiary/aromatic N) is 5. The number of hydrogen-bond donors (Lipinski definition) is 0. The Morgan fingerprint density at radius 3 is 2.46 bits per heavy atom. The zero-order valence-electron chi connectivity index (χ0n) is 18.7. The van der Waals surface area contributed by atoms with E-state index < -0.39 is 34.9 Å². The summed E-state index contributed by atoms with van der Waals surface area (Å²) in [6, 6.07) is 8.90. The Labute approximate surface area is 198 Å². The molecule has 0 saturated carbocycles. The van der Waals surface area contributed by atoms with Gasteiger partial charge in [0.15, 0.2) is 11.4 Å². The lowest BCUT2D eigenvalue weighted by atomic mass is 9.79. The second-order valence-electron chi connectivity index (χ2n) is 7.70. The van der Waals surface area contributed by atoms with Gasteiger partial charge < -0.3 is 9.47 Å². The van der Waals surface area contributed by atoms with Gasteiger partial charge in [-0.05, 0) is 36.4 Å². The molecule has 0 N–H and O–H groups in total. The van der Waals surface area contributed by atoms with E-state index in [1.165, 1.54) is 43.5 Å². The van der Waals surface area contributed by atoms with Crippen molar-refractivity contribution >= 4 is 5.97 Å². The van der Waals surface area contributed by atoms with Gasteiger partial charge in [0.05, 0.1) is 31.1 Å². The van der Waals surface area contributed by atoms with Crippen LogP contribution in [-0.4, -0.2) is 37.8 Å². The summed E-state index contributed by atoms with van der Waals surface area (Å²) in [7, 11) is 1.48. The van der Waals surface area contributed by atoms with Gasteiger partial charge in [-0.3, -0.25) is 0 Å². The molecule has 0 saturated heterocycles. The van der Waals surface area contributed by atoms with E-state index in [4.69, 9.17) is 9.47 Å². The highest BCUT2D eigenvalue weighted by Crippen LogP contribution is 2.43. The number of benzene rings is 2. The maximum absolute atomic E-state index is 15.3. The summed E-state index contributed by atoms with van der Waals surface area (Å²) in [4.78, 5) is 24.9. The molecule has 0 radical (unpaired) electrons. The molecular formula is C24H20F3N5O3. The Bertz CT molecular complexity index is 1320. The number of rotatable bonds is 8. The maximum Gasteiger partial charge on any atom is 0.339 e. The Morgan fingerprint density at radius 1 is 1.06 bits per heavy atom. The van der Waals surface area contributed by atoms with E-state index in [1.807, 2.05) is 0 Å². The second-order valence-corrected chi connectivity index (χ2v) is 7.70. The van der Waals surface area contributed by atoms with Crippen LogP contribution in [0.25, 0.3) is 0 Å². The summed E-state index contributed by atoms with van der Waals surface area (Å²) in [6.45, 7) is 1.24. The second kappa shape index (κ2) is 9.92. The number of halogens is 3. The number of aromatic nitrogens is 5. The van der Waals surface area contributed by atoms with E-state index >= 15 is 4.39 Å². The van der Waals surface area contributed by atoms with Gasteiger partial charge in [-0.15, -0.1) is 0 Å². The summed E-state index contributed by atoms with van der Waals surface area (Å²) >= 11 is 0. The number of methoxy groups -OCH3 is 1. The lowest BCUT2D eigenvalue weighted by molar-refractivity contribution is -0.0497. The van der Waals surface area contributed by atoms with Crippen molar-refractivity contribution in [1.29, 1.82) is 0 Å². The van der Waals surface area contributed by atoms with E-state index in [-0.39, 0.29) is 23.4 Å². The van der Waals surface area contributed by atoms with Crippen LogP contribution < -0.4 is 4.74 Å². The third-order valence-corrected chi connectivity index (χ3v) is 5.66. The van der Waals surface area contributed by atoms with Gasteiger partial charge in [0, 0.05) is 17.5 Å². The van der Waals surface area contributed by atoms with E-state index in [1.54, 1.807) is 12.1 Å². The first-order chi connectivity index (χ1) is 16.8. The van der Waals surface area contributed by atoms with Gasteiger partial charge >= 0.3 is 5.97 Å². The normalized spacial score (nSPS) is 13.6. The minimum atomic E-state index is -1.92. The fraction of sp³-hybridized carbons (Fsp3) is 0.208. The molecule has 4 aromatic rings. The van der Waals surface area contributed by atoms with Crippen LogP contribution in [0.3, 0.4) is 0 Å². The summed E-state index contributed by atoms with van der Waals surface area (Å²) in [6.07, 6.45) is 4.65. The molecule has 0 fully saturated rings. The van der Waals surface area contributed by atoms with Crippen LogP contribution in [0, 0.1) is 17.5 Å². The van der Waals surface area contributed by atoms with E-state index in [2.05, 4.69) is 20.1 Å². The molecule has 11 heteroatoms. The molecule has 0 aliphatic carbocycles. The zero-order chi connectivity index (χ0) is 25.0. The number of carbonyl (C=O) groups is 1. The molecule has 35 heavy (non-hydrogen) atoms. The van der Waals surface area contributed by atoms with Crippen LogP contribution in [0.1, 0.15) is 34.5 Å². The lowest BCUT2D eigenvalue weighted by Crippen LogP contribution is -2.43. The van der Waals surface area contributed by atoms with Crippen molar-refractivity contribution in [3.63, 3.8) is 0 Å². The molecule has 0 unspecified atom stereocenters. The van der Waals surface area contributed by atoms with Crippen LogP contribution in [0.4, 0.5) is 13.2 Å². The first-order valence-electron chi connectivity index (χ1n) is 10.4. The number of hydrogen-bond acceptors (Lipinski definition) is 7. The predicted molar refractivity (Wildman–Crippen MR) is 117 cm³/mol. The van der Waals surface area contributed by atoms with Gasteiger partial charge in [0.25, 0.3) is 0 Å². The minimum Gasteiger partial charge on any atom is -0.497 e. The van der Waals surface area contributed by atoms with Gasteiger partial charge in [-0.1, -0.05) is 6.92 Å². The third kappa shape index (κ3) is 4.84. The standard InChI is InChI=1S/C24H20F3N5O3/c1-15(22-21(27)10-28-12-30-22)24(11-32-14-29-13-31-32,19-8-5-17(25)9-20(19)26)35-23(33)16-3-6-18(34-2)7-4-16/h3-10,12-15H,11H2,1-2H3/t15-,24+/m0/s1. The van der Waals surface area contributed by atoms with Crippen LogP contribution in [-0.2, 0) is 16.9 Å². The molecule has 2 atom stereocenters. The molecule has 0 amide bonds. The number of ether oxygens (including phenoxy) is 2. The summed E-state index contributed by atoms with van der Waals surface area (Å²) in [5.74, 6) is -4.01. The van der Waals surface area contributed by atoms with Crippen molar-refractivity contribution in [3.05, 3.63) is 102 Å². The Balaban J connectivity index is 1.90. The van der Waals surface area contributed by atoms with Crippen molar-refractivity contribution in [2.75, 3.05) is 7.11 Å². The van der Waals surface area contributed by atoms with Gasteiger partial charge in [-0.25, -0.2) is 37.6 Å². The summed E-state index contributed by atoms with van der Waals surface area (Å²) in [5.41, 5.74) is -2.11. The van der Waals surface area contributed by atoms with Gasteiger partial charge in [-0.2, -0.15) is 5.10 Å². The zero-order valence-corrected chi connectivity index (χ0v) is 18.7. The number of esters is 1. The Morgan fingerprint density at radius 2 is 1.83 bits per heavy atom. The predicted octanol–water partition coefficient (Wildman–Crippen LogP) is 4.05. The average Bonchev–Trinajstić information content (AvgIpc) is 3.36. The smallest absolute Gasteiger partial charge is 0.339 e. The van der Waals surface area contributed by atoms with Crippen LogP contribution in [0.5, 0.6) is 5.75 Å². The molecule has 4 rings (SSSR count). The molecular weight excluding hydrogens is 463 g/mol. The fourth-order valence-corrected chi connectivity index (χ4v) is 3.83. The van der Waals surface area contributed by atoms with Crippen molar-refractivity contribution in [3.8, 4) is 5.75 Å². The van der Waals surface area contributed by atoms with E-state index in [0.717, 1.165) is 24.7 Å². The quantitative estimate of drug-likeness (QED) is 0.349. The Kier molecular flexibility index (Phi) is 6.76. The molecule has 2 aromatic carbocycles. The fourth-order valence-electron chi connectivity index (χ4n) is 3.83. The highest BCUT2D eigenvalue weighted by Gasteiger charge is 2.47. The maximum atomic E-state index is 15.3. The monoisotopic (exact) mass is 483 g/mol. The third-order valence-electron chi connectivity index (χ3n) is 5.66. The Hall–Kier alpha value is -4.28. The molecule has 0 aliphatic heterocycles. The highest BCUT2D eigenvalue weighted by atomic mass is 19.1. The van der Waals surface area contributed by atoms with Crippen molar-refractivity contribution < 1.29 is 27.4 Å².